The van der Waals surface area contributed by atoms with Crippen LogP contribution in [0.5, 0.6) is 0 Å². The van der Waals surface area contributed by atoms with Crippen molar-refractivity contribution in [3.05, 3.63) is 40.8 Å². The Morgan fingerprint density at radius 2 is 2.10 bits per heavy atom. The quantitative estimate of drug-likeness (QED) is 0.569. The van der Waals surface area contributed by atoms with E-state index < -0.39 is 6.10 Å². The van der Waals surface area contributed by atoms with E-state index in [1.807, 2.05) is 13.0 Å². The molecule has 3 aromatic rings. The van der Waals surface area contributed by atoms with Gasteiger partial charge in [0.2, 0.25) is 5.95 Å². The highest BCUT2D eigenvalue weighted by Crippen LogP contribution is 2.38. The van der Waals surface area contributed by atoms with Crippen molar-refractivity contribution < 1.29 is 9.84 Å². The zero-order valence-electron chi connectivity index (χ0n) is 17.7. The van der Waals surface area contributed by atoms with Gasteiger partial charge in [0.05, 0.1) is 48.0 Å². The zero-order chi connectivity index (χ0) is 21.6. The minimum Gasteiger partial charge on any atom is -0.389 e. The second-order valence-electron chi connectivity index (χ2n) is 8.81. The van der Waals surface area contributed by atoms with Crippen LogP contribution in [0.3, 0.4) is 0 Å². The van der Waals surface area contributed by atoms with Gasteiger partial charge >= 0.3 is 0 Å². The van der Waals surface area contributed by atoms with Crippen molar-refractivity contribution in [2.45, 2.75) is 44.2 Å². The molecule has 2 aliphatic heterocycles. The number of aliphatic hydroxyl groups is 1. The van der Waals surface area contributed by atoms with Crippen LogP contribution in [0.2, 0.25) is 5.02 Å². The van der Waals surface area contributed by atoms with E-state index in [1.165, 1.54) is 0 Å². The SMILES string of the molecule is Cc1[nH]ncc1Nc1ncc2cc(Cl)c(C3CCN([C@]4(C)COC[C@@H]4O)CC3)cc2n1. The van der Waals surface area contributed by atoms with Gasteiger partial charge in [-0.1, -0.05) is 11.6 Å². The fraction of sp³-hybridized carbons (Fsp3) is 0.500. The number of aromatic nitrogens is 4. The molecule has 0 bridgehead atoms. The highest BCUT2D eigenvalue weighted by Gasteiger charge is 2.45. The summed E-state index contributed by atoms with van der Waals surface area (Å²) in [5.41, 5.74) is 3.49. The summed E-state index contributed by atoms with van der Waals surface area (Å²) >= 11 is 6.67. The van der Waals surface area contributed by atoms with E-state index in [4.69, 9.17) is 21.3 Å². The van der Waals surface area contributed by atoms with Gasteiger partial charge in [-0.15, -0.1) is 0 Å². The van der Waals surface area contributed by atoms with Crippen LogP contribution in [0, 0.1) is 6.92 Å². The Kier molecular flexibility index (Phi) is 5.34. The third kappa shape index (κ3) is 3.78. The van der Waals surface area contributed by atoms with Crippen LogP contribution < -0.4 is 5.32 Å². The molecule has 31 heavy (non-hydrogen) atoms. The number of likely N-dealkylation sites (tertiary alicyclic amines) is 1. The Balaban J connectivity index is 1.36. The van der Waals surface area contributed by atoms with E-state index in [1.54, 1.807) is 12.4 Å². The number of piperidine rings is 1. The van der Waals surface area contributed by atoms with Gasteiger partial charge in [0, 0.05) is 16.6 Å². The first kappa shape index (κ1) is 20.6. The molecule has 1 aromatic carbocycles. The molecule has 0 amide bonds. The van der Waals surface area contributed by atoms with Gasteiger partial charge in [-0.25, -0.2) is 9.97 Å². The number of aryl methyl sites for hydroxylation is 1. The van der Waals surface area contributed by atoms with Gasteiger partial charge in [-0.3, -0.25) is 10.00 Å². The van der Waals surface area contributed by atoms with Crippen molar-refractivity contribution in [2.75, 3.05) is 31.6 Å². The molecule has 9 heteroatoms. The number of hydrogen-bond donors (Lipinski definition) is 3. The number of halogens is 1. The van der Waals surface area contributed by atoms with Crippen molar-refractivity contribution in [1.82, 2.24) is 25.1 Å². The Morgan fingerprint density at radius 3 is 2.77 bits per heavy atom. The molecule has 0 radical (unpaired) electrons. The molecule has 0 spiro atoms. The van der Waals surface area contributed by atoms with Gasteiger partial charge in [0.15, 0.2) is 0 Å². The third-order valence-corrected chi connectivity index (χ3v) is 7.15. The molecule has 0 saturated carbocycles. The second kappa shape index (κ2) is 8.02. The van der Waals surface area contributed by atoms with Crippen LogP contribution in [-0.2, 0) is 4.74 Å². The molecular formula is C22H27ClN6O2. The maximum atomic E-state index is 10.4. The van der Waals surface area contributed by atoms with Crippen LogP contribution >= 0.6 is 11.6 Å². The molecule has 2 saturated heterocycles. The Labute approximate surface area is 186 Å². The van der Waals surface area contributed by atoms with Gasteiger partial charge in [0.1, 0.15) is 0 Å². The number of ether oxygens (including phenoxy) is 1. The lowest BCUT2D eigenvalue weighted by molar-refractivity contribution is -0.00211. The highest BCUT2D eigenvalue weighted by molar-refractivity contribution is 6.32. The van der Waals surface area contributed by atoms with Crippen LogP contribution in [0.15, 0.2) is 24.5 Å². The molecular weight excluding hydrogens is 416 g/mol. The predicted molar refractivity (Wildman–Crippen MR) is 120 cm³/mol. The van der Waals surface area contributed by atoms with Gasteiger partial charge in [-0.05, 0) is 63.4 Å². The van der Waals surface area contributed by atoms with Crippen molar-refractivity contribution in [3.63, 3.8) is 0 Å². The van der Waals surface area contributed by atoms with Crippen LogP contribution in [0.1, 0.15) is 36.9 Å². The normalized spacial score (nSPS) is 25.4. The number of nitrogens with zero attached hydrogens (tertiary/aromatic N) is 4. The monoisotopic (exact) mass is 442 g/mol. The fourth-order valence-electron chi connectivity index (χ4n) is 4.69. The Hall–Kier alpha value is -2.26. The number of H-pyrrole nitrogens is 1. The summed E-state index contributed by atoms with van der Waals surface area (Å²) in [4.78, 5) is 11.5. The van der Waals surface area contributed by atoms with Gasteiger partial charge in [-0.2, -0.15) is 5.10 Å². The average molecular weight is 443 g/mol. The molecule has 4 heterocycles. The van der Waals surface area contributed by atoms with E-state index in [0.717, 1.165) is 58.8 Å². The first-order valence-electron chi connectivity index (χ1n) is 10.7. The van der Waals surface area contributed by atoms with Crippen molar-refractivity contribution >= 4 is 34.1 Å². The smallest absolute Gasteiger partial charge is 0.227 e. The maximum Gasteiger partial charge on any atom is 0.227 e. The number of benzene rings is 1. The first-order valence-corrected chi connectivity index (χ1v) is 11.1. The molecule has 2 aliphatic rings. The van der Waals surface area contributed by atoms with Crippen molar-refractivity contribution in [2.24, 2.45) is 0 Å². The fourth-order valence-corrected chi connectivity index (χ4v) is 5.02. The summed E-state index contributed by atoms with van der Waals surface area (Å²) in [5.74, 6) is 0.891. The second-order valence-corrected chi connectivity index (χ2v) is 9.22. The molecule has 3 N–H and O–H groups in total. The van der Waals surface area contributed by atoms with Gasteiger partial charge in [0.25, 0.3) is 0 Å². The summed E-state index contributed by atoms with van der Waals surface area (Å²) in [6, 6.07) is 4.06. The summed E-state index contributed by atoms with van der Waals surface area (Å²) in [5, 5.41) is 22.2. The topological polar surface area (TPSA) is 99.2 Å². The van der Waals surface area contributed by atoms with Crippen LogP contribution in [-0.4, -0.2) is 68.1 Å². The lowest BCUT2D eigenvalue weighted by Crippen LogP contribution is -2.56. The van der Waals surface area contributed by atoms with Crippen molar-refractivity contribution in [1.29, 1.82) is 0 Å². The Morgan fingerprint density at radius 1 is 1.29 bits per heavy atom. The van der Waals surface area contributed by atoms with E-state index in [2.05, 4.69) is 38.4 Å². The summed E-state index contributed by atoms with van der Waals surface area (Å²) in [6.07, 6.45) is 5.04. The van der Waals surface area contributed by atoms with E-state index in [0.29, 0.717) is 25.1 Å². The number of aromatic amines is 1. The first-order chi connectivity index (χ1) is 14.9. The largest absolute Gasteiger partial charge is 0.389 e. The molecule has 0 unspecified atom stereocenters. The molecule has 5 rings (SSSR count). The molecule has 0 aliphatic carbocycles. The van der Waals surface area contributed by atoms with E-state index >= 15 is 0 Å². The molecule has 8 nitrogen and oxygen atoms in total. The number of anilines is 2. The van der Waals surface area contributed by atoms with Gasteiger partial charge < -0.3 is 15.2 Å². The lowest BCUT2D eigenvalue weighted by atomic mass is 9.85. The van der Waals surface area contributed by atoms with Crippen LogP contribution in [0.4, 0.5) is 11.6 Å². The lowest BCUT2D eigenvalue weighted by Gasteiger charge is -2.43. The van der Waals surface area contributed by atoms with Crippen molar-refractivity contribution in [3.8, 4) is 0 Å². The number of nitrogens with one attached hydrogen (secondary N) is 2. The zero-order valence-corrected chi connectivity index (χ0v) is 18.5. The minimum absolute atomic E-state index is 0.294. The summed E-state index contributed by atoms with van der Waals surface area (Å²) < 4.78 is 5.52. The minimum atomic E-state index is -0.435. The molecule has 2 aromatic heterocycles. The highest BCUT2D eigenvalue weighted by atomic mass is 35.5. The number of hydrogen-bond acceptors (Lipinski definition) is 7. The summed E-state index contributed by atoms with van der Waals surface area (Å²) in [6.45, 7) is 6.86. The molecule has 2 atom stereocenters. The van der Waals surface area contributed by atoms with E-state index in [-0.39, 0.29) is 5.54 Å². The predicted octanol–water partition coefficient (Wildman–Crippen LogP) is 3.39. The number of fused-ring (bicyclic) bond motifs is 1. The van der Waals surface area contributed by atoms with Crippen LogP contribution in [0.25, 0.3) is 10.9 Å². The van der Waals surface area contributed by atoms with E-state index in [9.17, 15) is 5.11 Å². The summed E-state index contributed by atoms with van der Waals surface area (Å²) in [7, 11) is 0. The average Bonchev–Trinajstić information content (AvgIpc) is 3.33. The Bertz CT molecular complexity index is 1100. The number of aliphatic hydroxyl groups excluding tert-OH is 1. The molecule has 164 valence electrons. The number of rotatable bonds is 4. The third-order valence-electron chi connectivity index (χ3n) is 6.82. The standard InChI is InChI=1S/C22H27ClN6O2/c1-13-19(10-25-28-13)27-21-24-9-15-7-17(23)16(8-18(15)26-21)14-3-5-29(6-4-14)22(2)12-31-11-20(22)30/h7-10,14,20,30H,3-6,11-12H2,1-2H3,(H,25,28)(H,24,26,27)/t20-,22+/m0/s1. The molecule has 2 fully saturated rings. The maximum absolute atomic E-state index is 10.4.